The van der Waals surface area contributed by atoms with E-state index in [9.17, 15) is 14.0 Å². The Balaban J connectivity index is 1.74. The van der Waals surface area contributed by atoms with E-state index >= 15 is 0 Å². The van der Waals surface area contributed by atoms with Gasteiger partial charge in [0.2, 0.25) is 0 Å². The summed E-state index contributed by atoms with van der Waals surface area (Å²) >= 11 is 0. The predicted molar refractivity (Wildman–Crippen MR) is 93.2 cm³/mol. The van der Waals surface area contributed by atoms with E-state index < -0.39 is 11.6 Å². The van der Waals surface area contributed by atoms with Crippen molar-refractivity contribution in [2.24, 2.45) is 0 Å². The van der Waals surface area contributed by atoms with Gasteiger partial charge >= 0.3 is 0 Å². The van der Waals surface area contributed by atoms with Crippen LogP contribution in [0.1, 0.15) is 23.5 Å². The lowest BCUT2D eigenvalue weighted by atomic mass is 9.89. The number of hydrogen-bond acceptors (Lipinski definition) is 4. The minimum atomic E-state index is -0.900. The van der Waals surface area contributed by atoms with Crippen molar-refractivity contribution in [1.82, 2.24) is 5.32 Å². The Morgan fingerprint density at radius 2 is 2.04 bits per heavy atom. The molecule has 2 N–H and O–H groups in total. The maximum absolute atomic E-state index is 13.4. The zero-order chi connectivity index (χ0) is 17.6. The molecule has 2 aromatic rings. The van der Waals surface area contributed by atoms with Crippen molar-refractivity contribution in [3.05, 3.63) is 53.1 Å². The highest BCUT2D eigenvalue weighted by Crippen LogP contribution is 2.45. The normalized spacial score (nSPS) is 21.4. The van der Waals surface area contributed by atoms with Gasteiger partial charge in [0, 0.05) is 43.0 Å². The van der Waals surface area contributed by atoms with E-state index in [1.54, 1.807) is 6.07 Å². The Labute approximate surface area is 145 Å². The van der Waals surface area contributed by atoms with Crippen LogP contribution >= 0.6 is 0 Å². The van der Waals surface area contributed by atoms with Gasteiger partial charge < -0.3 is 15.5 Å². The minimum Gasteiger partial charge on any atom is -0.370 e. The fourth-order valence-electron chi connectivity index (χ4n) is 4.02. The molecule has 0 radical (unpaired) electrons. The number of piperidine rings is 1. The molecule has 128 valence electrons. The van der Waals surface area contributed by atoms with Gasteiger partial charge in [0.15, 0.2) is 11.6 Å². The van der Waals surface area contributed by atoms with Crippen LogP contribution in [0.5, 0.6) is 0 Å². The number of nitrogens with one attached hydrogen (secondary N) is 2. The summed E-state index contributed by atoms with van der Waals surface area (Å²) in [7, 11) is 2.04. The SMILES string of the molecule is CN1c2c(C#N)cc(Nc3ccc(F)c(F)c3)cc2[C@@H]2CNCC[C@@H]21. The van der Waals surface area contributed by atoms with E-state index in [-0.39, 0.29) is 0 Å². The molecule has 0 aromatic heterocycles. The summed E-state index contributed by atoms with van der Waals surface area (Å²) in [6.07, 6.45) is 1.03. The van der Waals surface area contributed by atoms with Gasteiger partial charge in [-0.2, -0.15) is 5.26 Å². The van der Waals surface area contributed by atoms with Gasteiger partial charge in [0.05, 0.1) is 11.3 Å². The first-order valence-electron chi connectivity index (χ1n) is 8.32. The summed E-state index contributed by atoms with van der Waals surface area (Å²) in [5.74, 6) is -1.45. The first-order valence-corrected chi connectivity index (χ1v) is 8.32. The van der Waals surface area contributed by atoms with E-state index in [1.165, 1.54) is 6.07 Å². The van der Waals surface area contributed by atoms with Crippen LogP contribution in [-0.2, 0) is 0 Å². The van der Waals surface area contributed by atoms with Crippen LogP contribution in [-0.4, -0.2) is 26.2 Å². The highest BCUT2D eigenvalue weighted by atomic mass is 19.2. The van der Waals surface area contributed by atoms with Gasteiger partial charge in [0.25, 0.3) is 0 Å². The molecule has 0 saturated carbocycles. The Morgan fingerprint density at radius 1 is 1.20 bits per heavy atom. The topological polar surface area (TPSA) is 51.1 Å². The summed E-state index contributed by atoms with van der Waals surface area (Å²) in [6, 6.07) is 10.1. The molecule has 0 spiro atoms. The molecule has 1 saturated heterocycles. The number of rotatable bonds is 2. The van der Waals surface area contributed by atoms with Gasteiger partial charge in [-0.15, -0.1) is 0 Å². The monoisotopic (exact) mass is 340 g/mol. The maximum atomic E-state index is 13.4. The van der Waals surface area contributed by atoms with Crippen LogP contribution in [0.2, 0.25) is 0 Å². The largest absolute Gasteiger partial charge is 0.370 e. The lowest BCUT2D eigenvalue weighted by Crippen LogP contribution is -2.42. The molecule has 2 aliphatic heterocycles. The first kappa shape index (κ1) is 15.9. The van der Waals surface area contributed by atoms with Crippen molar-refractivity contribution in [1.29, 1.82) is 5.26 Å². The van der Waals surface area contributed by atoms with Crippen molar-refractivity contribution in [3.8, 4) is 6.07 Å². The van der Waals surface area contributed by atoms with Crippen LogP contribution in [0.3, 0.4) is 0 Å². The highest BCUT2D eigenvalue weighted by Gasteiger charge is 2.39. The van der Waals surface area contributed by atoms with E-state index in [4.69, 9.17) is 0 Å². The molecular weight excluding hydrogens is 322 g/mol. The molecular formula is C19H18F2N4. The summed E-state index contributed by atoms with van der Waals surface area (Å²) in [6.45, 7) is 1.85. The van der Waals surface area contributed by atoms with Gasteiger partial charge in [-0.25, -0.2) is 8.78 Å². The van der Waals surface area contributed by atoms with Crippen molar-refractivity contribution in [2.45, 2.75) is 18.4 Å². The van der Waals surface area contributed by atoms with E-state index in [2.05, 4.69) is 21.6 Å². The molecule has 4 rings (SSSR count). The molecule has 0 aliphatic carbocycles. The Hall–Kier alpha value is -2.65. The third kappa shape index (κ3) is 2.61. The van der Waals surface area contributed by atoms with Crippen molar-refractivity contribution in [2.75, 3.05) is 30.4 Å². The van der Waals surface area contributed by atoms with Gasteiger partial charge in [0.1, 0.15) is 6.07 Å². The molecule has 0 amide bonds. The number of benzene rings is 2. The molecule has 2 heterocycles. The first-order chi connectivity index (χ1) is 12.1. The van der Waals surface area contributed by atoms with Crippen LogP contribution in [0, 0.1) is 23.0 Å². The third-order valence-corrected chi connectivity index (χ3v) is 5.16. The van der Waals surface area contributed by atoms with Crippen LogP contribution in [0.4, 0.5) is 25.8 Å². The third-order valence-electron chi connectivity index (χ3n) is 5.16. The number of anilines is 3. The zero-order valence-electron chi connectivity index (χ0n) is 13.8. The second-order valence-electron chi connectivity index (χ2n) is 6.60. The summed E-state index contributed by atoms with van der Waals surface area (Å²) < 4.78 is 26.5. The smallest absolute Gasteiger partial charge is 0.160 e. The molecule has 0 unspecified atom stereocenters. The van der Waals surface area contributed by atoms with Crippen molar-refractivity contribution in [3.63, 3.8) is 0 Å². The Morgan fingerprint density at radius 3 is 2.80 bits per heavy atom. The van der Waals surface area contributed by atoms with E-state index in [1.807, 2.05) is 13.1 Å². The fourth-order valence-corrected chi connectivity index (χ4v) is 4.02. The number of likely N-dealkylation sites (N-methyl/N-ethyl adjacent to an activating group) is 1. The predicted octanol–water partition coefficient (Wildman–Crippen LogP) is 3.48. The van der Waals surface area contributed by atoms with Crippen LogP contribution in [0.25, 0.3) is 0 Å². The second kappa shape index (κ2) is 6.01. The average Bonchev–Trinajstić information content (AvgIpc) is 2.91. The second-order valence-corrected chi connectivity index (χ2v) is 6.60. The maximum Gasteiger partial charge on any atom is 0.160 e. The number of hydrogen-bond donors (Lipinski definition) is 2. The summed E-state index contributed by atoms with van der Waals surface area (Å²) in [5, 5.41) is 16.1. The quantitative estimate of drug-likeness (QED) is 0.879. The lowest BCUT2D eigenvalue weighted by Gasteiger charge is -2.31. The summed E-state index contributed by atoms with van der Waals surface area (Å²) in [4.78, 5) is 2.21. The van der Waals surface area contributed by atoms with Gasteiger partial charge in [-0.3, -0.25) is 0 Å². The molecule has 25 heavy (non-hydrogen) atoms. The van der Waals surface area contributed by atoms with Crippen LogP contribution in [0.15, 0.2) is 30.3 Å². The van der Waals surface area contributed by atoms with Crippen LogP contribution < -0.4 is 15.5 Å². The number of nitrogens with zero attached hydrogens (tertiary/aromatic N) is 2. The molecule has 0 bridgehead atoms. The Bertz CT molecular complexity index is 874. The van der Waals surface area contributed by atoms with E-state index in [0.29, 0.717) is 28.9 Å². The average molecular weight is 340 g/mol. The number of nitriles is 1. The van der Waals surface area contributed by atoms with E-state index in [0.717, 1.165) is 42.9 Å². The zero-order valence-corrected chi connectivity index (χ0v) is 13.8. The highest BCUT2D eigenvalue weighted by molar-refractivity contribution is 5.76. The molecule has 2 aromatic carbocycles. The molecule has 4 nitrogen and oxygen atoms in total. The van der Waals surface area contributed by atoms with Crippen molar-refractivity contribution < 1.29 is 8.78 Å². The molecule has 2 aliphatic rings. The van der Waals surface area contributed by atoms with Crippen molar-refractivity contribution >= 4 is 17.1 Å². The Kier molecular flexibility index (Phi) is 3.81. The minimum absolute atomic E-state index is 0.326. The molecule has 1 fully saturated rings. The number of halogens is 2. The van der Waals surface area contributed by atoms with Gasteiger partial charge in [-0.05, 0) is 42.8 Å². The fraction of sp³-hybridized carbons (Fsp3) is 0.316. The number of fused-ring (bicyclic) bond motifs is 3. The molecule has 2 atom stereocenters. The lowest BCUT2D eigenvalue weighted by molar-refractivity contribution is 0.413. The standard InChI is InChI=1S/C19H18F2N4/c1-25-18-4-5-23-10-15(18)14-7-13(6-11(9-22)19(14)25)24-12-2-3-16(20)17(21)8-12/h2-3,6-8,15,18,23-24H,4-5,10H2,1H3/t15-,18-/m0/s1. The van der Waals surface area contributed by atoms with Gasteiger partial charge in [-0.1, -0.05) is 0 Å². The summed E-state index contributed by atoms with van der Waals surface area (Å²) in [5.41, 5.74) is 3.87. The molecule has 6 heteroatoms.